The highest BCUT2D eigenvalue weighted by molar-refractivity contribution is 7.95. The van der Waals surface area contributed by atoms with Gasteiger partial charge in [0.2, 0.25) is 0 Å². The first kappa shape index (κ1) is 13.9. The fraction of sp³-hybridized carbons (Fsp3) is 0.0714. The van der Waals surface area contributed by atoms with Gasteiger partial charge in [-0.1, -0.05) is 41.6 Å². The summed E-state index contributed by atoms with van der Waals surface area (Å²) >= 11 is 6.49. The number of aromatic carboxylic acids is 1. The number of hydrogen-bond acceptors (Lipinski definition) is 2. The van der Waals surface area contributed by atoms with Crippen LogP contribution in [0, 0.1) is 0 Å². The standard InChI is InChI=1S/C14H12ClO3P/c1-18-11-7-3-5-9-13(11)19(15)12-8-4-2-6-10(12)14(16)17/h2-9H,1H3,(H,16,17). The Kier molecular flexibility index (Phi) is 4.41. The van der Waals surface area contributed by atoms with E-state index in [1.807, 2.05) is 24.3 Å². The third kappa shape index (κ3) is 2.89. The highest BCUT2D eigenvalue weighted by atomic mass is 35.7. The molecule has 98 valence electrons. The van der Waals surface area contributed by atoms with Gasteiger partial charge < -0.3 is 9.84 Å². The van der Waals surface area contributed by atoms with E-state index in [1.54, 1.807) is 31.4 Å². The number of methoxy groups -OCH3 is 1. The Balaban J connectivity index is 2.50. The topological polar surface area (TPSA) is 46.5 Å². The summed E-state index contributed by atoms with van der Waals surface area (Å²) < 4.78 is 5.27. The van der Waals surface area contributed by atoms with Crippen LogP contribution in [-0.4, -0.2) is 18.2 Å². The Morgan fingerprint density at radius 1 is 1.11 bits per heavy atom. The van der Waals surface area contributed by atoms with Gasteiger partial charge in [-0.15, -0.1) is 0 Å². The molecule has 0 bridgehead atoms. The van der Waals surface area contributed by atoms with E-state index in [4.69, 9.17) is 16.0 Å². The summed E-state index contributed by atoms with van der Waals surface area (Å²) in [7, 11) is 0.287. The van der Waals surface area contributed by atoms with Crippen LogP contribution < -0.4 is 15.3 Å². The van der Waals surface area contributed by atoms with Gasteiger partial charge in [0.15, 0.2) is 0 Å². The van der Waals surface area contributed by atoms with Crippen LogP contribution in [0.4, 0.5) is 0 Å². The first-order valence-electron chi connectivity index (χ1n) is 5.56. The van der Waals surface area contributed by atoms with E-state index in [0.29, 0.717) is 11.1 Å². The lowest BCUT2D eigenvalue weighted by atomic mass is 10.2. The zero-order chi connectivity index (χ0) is 13.8. The van der Waals surface area contributed by atoms with Gasteiger partial charge in [0.05, 0.1) is 19.9 Å². The fourth-order valence-electron chi connectivity index (χ4n) is 1.75. The van der Waals surface area contributed by atoms with Gasteiger partial charge in [-0.05, 0) is 18.2 Å². The van der Waals surface area contributed by atoms with Crippen molar-refractivity contribution in [3.05, 3.63) is 54.1 Å². The van der Waals surface area contributed by atoms with Gasteiger partial charge in [-0.3, -0.25) is 0 Å². The number of carboxylic acid groups (broad SMARTS) is 1. The molecular weight excluding hydrogens is 283 g/mol. The number of benzene rings is 2. The largest absolute Gasteiger partial charge is 0.496 e. The molecule has 0 fully saturated rings. The van der Waals surface area contributed by atoms with Crippen molar-refractivity contribution in [3.63, 3.8) is 0 Å². The summed E-state index contributed by atoms with van der Waals surface area (Å²) in [5, 5.41) is 10.6. The molecule has 1 N–H and O–H groups in total. The van der Waals surface area contributed by atoms with Crippen molar-refractivity contribution in [2.24, 2.45) is 0 Å². The van der Waals surface area contributed by atoms with Gasteiger partial charge in [-0.2, -0.15) is 0 Å². The highest BCUT2D eigenvalue weighted by Gasteiger charge is 2.20. The summed E-state index contributed by atoms with van der Waals surface area (Å²) in [5.41, 5.74) is 0.231. The maximum Gasteiger partial charge on any atom is 0.336 e. The number of hydrogen-bond donors (Lipinski definition) is 1. The summed E-state index contributed by atoms with van der Waals surface area (Å²) in [6.45, 7) is 0. The average molecular weight is 295 g/mol. The van der Waals surface area contributed by atoms with Crippen molar-refractivity contribution in [1.29, 1.82) is 0 Å². The molecule has 0 aliphatic carbocycles. The molecule has 5 heteroatoms. The fourth-order valence-corrected chi connectivity index (χ4v) is 4.04. The van der Waals surface area contributed by atoms with Crippen LogP contribution >= 0.6 is 18.5 Å². The molecule has 2 aromatic rings. The van der Waals surface area contributed by atoms with Crippen molar-refractivity contribution in [2.75, 3.05) is 7.11 Å². The molecule has 0 amide bonds. The quantitative estimate of drug-likeness (QED) is 0.882. The van der Waals surface area contributed by atoms with Gasteiger partial charge in [0.1, 0.15) is 5.75 Å². The summed E-state index contributed by atoms with van der Waals surface area (Å²) in [5.74, 6) is -0.303. The molecular formula is C14H12ClO3P. The third-order valence-corrected chi connectivity index (χ3v) is 5.34. The molecule has 0 saturated carbocycles. The number of carbonyl (C=O) groups is 1. The van der Waals surface area contributed by atoms with E-state index in [2.05, 4.69) is 0 Å². The van der Waals surface area contributed by atoms with Crippen LogP contribution in [-0.2, 0) is 0 Å². The molecule has 0 saturated heterocycles. The predicted octanol–water partition coefficient (Wildman–Crippen LogP) is 2.98. The van der Waals surface area contributed by atoms with E-state index in [9.17, 15) is 9.90 Å². The molecule has 0 aliphatic rings. The number of rotatable bonds is 4. The van der Waals surface area contributed by atoms with E-state index in [0.717, 1.165) is 5.30 Å². The minimum Gasteiger partial charge on any atom is -0.496 e. The molecule has 0 radical (unpaired) electrons. The Bertz CT molecular complexity index is 601. The first-order valence-corrected chi connectivity index (χ1v) is 7.81. The lowest BCUT2D eigenvalue weighted by molar-refractivity contribution is 0.0698. The smallest absolute Gasteiger partial charge is 0.336 e. The van der Waals surface area contributed by atoms with Gasteiger partial charge in [0, 0.05) is 10.6 Å². The zero-order valence-corrected chi connectivity index (χ0v) is 11.9. The van der Waals surface area contributed by atoms with Crippen LogP contribution in [0.3, 0.4) is 0 Å². The van der Waals surface area contributed by atoms with E-state index < -0.39 is 13.2 Å². The molecule has 0 aliphatic heterocycles. The normalized spacial score (nSPS) is 11.9. The van der Waals surface area contributed by atoms with Gasteiger partial charge >= 0.3 is 5.97 Å². The molecule has 19 heavy (non-hydrogen) atoms. The predicted molar refractivity (Wildman–Crippen MR) is 78.4 cm³/mol. The van der Waals surface area contributed by atoms with Crippen molar-refractivity contribution >= 4 is 35.1 Å². The second kappa shape index (κ2) is 6.05. The Hall–Kier alpha value is -1.57. The second-order valence-corrected chi connectivity index (χ2v) is 6.31. The number of para-hydroxylation sites is 1. The third-order valence-electron chi connectivity index (χ3n) is 2.64. The molecule has 3 nitrogen and oxygen atoms in total. The lowest BCUT2D eigenvalue weighted by Crippen LogP contribution is -2.17. The van der Waals surface area contributed by atoms with Crippen molar-refractivity contribution in [1.82, 2.24) is 0 Å². The van der Waals surface area contributed by atoms with Crippen LogP contribution in [0.15, 0.2) is 48.5 Å². The van der Waals surface area contributed by atoms with Crippen molar-refractivity contribution in [3.8, 4) is 5.75 Å². The van der Waals surface area contributed by atoms with Gasteiger partial charge in [-0.25, -0.2) is 4.79 Å². The van der Waals surface area contributed by atoms with E-state index >= 15 is 0 Å². The molecule has 2 rings (SSSR count). The molecule has 1 atom stereocenters. The SMILES string of the molecule is COc1ccccc1P(Cl)c1ccccc1C(=O)O. The lowest BCUT2D eigenvalue weighted by Gasteiger charge is -2.15. The maximum absolute atomic E-state index is 11.2. The summed E-state index contributed by atoms with van der Waals surface area (Å²) in [6.07, 6.45) is 0. The summed E-state index contributed by atoms with van der Waals surface area (Å²) in [4.78, 5) is 11.2. The Labute approximate surface area is 117 Å². The monoisotopic (exact) mass is 294 g/mol. The highest BCUT2D eigenvalue weighted by Crippen LogP contribution is 2.42. The number of carboxylic acids is 1. The molecule has 0 heterocycles. The first-order chi connectivity index (χ1) is 9.15. The summed E-state index contributed by atoms with van der Waals surface area (Å²) in [6, 6.07) is 14.2. The zero-order valence-electron chi connectivity index (χ0n) is 10.2. The van der Waals surface area contributed by atoms with E-state index in [1.165, 1.54) is 0 Å². The van der Waals surface area contributed by atoms with Gasteiger partial charge in [0.25, 0.3) is 0 Å². The molecule has 0 aromatic heterocycles. The minimum absolute atomic E-state index is 0.231. The average Bonchev–Trinajstić information content (AvgIpc) is 2.46. The Morgan fingerprint density at radius 2 is 1.68 bits per heavy atom. The van der Waals surface area contributed by atoms with Crippen LogP contribution in [0.25, 0.3) is 0 Å². The minimum atomic E-state index is -1.28. The number of ether oxygens (including phenoxy) is 1. The molecule has 1 unspecified atom stereocenters. The maximum atomic E-state index is 11.2. The van der Waals surface area contributed by atoms with Crippen LogP contribution in [0.1, 0.15) is 10.4 Å². The van der Waals surface area contributed by atoms with Crippen LogP contribution in [0.2, 0.25) is 0 Å². The van der Waals surface area contributed by atoms with E-state index in [-0.39, 0.29) is 5.56 Å². The second-order valence-electron chi connectivity index (χ2n) is 3.77. The molecule has 0 spiro atoms. The van der Waals surface area contributed by atoms with Crippen molar-refractivity contribution in [2.45, 2.75) is 0 Å². The van der Waals surface area contributed by atoms with Crippen LogP contribution in [0.5, 0.6) is 5.75 Å². The molecule has 2 aromatic carbocycles. The Morgan fingerprint density at radius 3 is 2.32 bits per heavy atom. The number of halogens is 1. The van der Waals surface area contributed by atoms with Crippen molar-refractivity contribution < 1.29 is 14.6 Å².